The third kappa shape index (κ3) is 3.05. The van der Waals surface area contributed by atoms with E-state index in [-0.39, 0.29) is 12.4 Å². The van der Waals surface area contributed by atoms with E-state index in [0.717, 1.165) is 18.4 Å². The van der Waals surface area contributed by atoms with Crippen LogP contribution in [0.4, 0.5) is 0 Å². The topological polar surface area (TPSA) is 37.3 Å². The Balaban J connectivity index is 2.20. The van der Waals surface area contributed by atoms with Crippen LogP contribution < -0.4 is 0 Å². The van der Waals surface area contributed by atoms with Gasteiger partial charge in [-0.3, -0.25) is 4.79 Å². The van der Waals surface area contributed by atoms with E-state index in [4.69, 9.17) is 5.11 Å². The third-order valence-electron chi connectivity index (χ3n) is 2.85. The number of hydrogen-bond acceptors (Lipinski definition) is 2. The van der Waals surface area contributed by atoms with Crippen molar-refractivity contribution in [3.63, 3.8) is 0 Å². The SMILES string of the molecule is O=C(c1ccccc1)c1cccc(CCCO)c1. The Kier molecular flexibility index (Phi) is 4.26. The van der Waals surface area contributed by atoms with Crippen molar-refractivity contribution >= 4 is 5.78 Å². The Bertz CT molecular complexity index is 518. The van der Waals surface area contributed by atoms with E-state index in [9.17, 15) is 4.79 Å². The molecule has 0 aliphatic rings. The zero-order valence-corrected chi connectivity index (χ0v) is 10.2. The van der Waals surface area contributed by atoms with Gasteiger partial charge in [0.05, 0.1) is 0 Å². The quantitative estimate of drug-likeness (QED) is 0.816. The molecule has 2 aromatic rings. The van der Waals surface area contributed by atoms with Crippen LogP contribution in [-0.2, 0) is 6.42 Å². The summed E-state index contributed by atoms with van der Waals surface area (Å²) in [6, 6.07) is 16.9. The van der Waals surface area contributed by atoms with Crippen molar-refractivity contribution in [2.45, 2.75) is 12.8 Å². The lowest BCUT2D eigenvalue weighted by molar-refractivity contribution is 0.103. The van der Waals surface area contributed by atoms with Crippen LogP contribution in [0.15, 0.2) is 54.6 Å². The van der Waals surface area contributed by atoms with Crippen LogP contribution in [0.5, 0.6) is 0 Å². The third-order valence-corrected chi connectivity index (χ3v) is 2.85. The van der Waals surface area contributed by atoms with Crippen LogP contribution >= 0.6 is 0 Å². The molecular weight excluding hydrogens is 224 g/mol. The van der Waals surface area contributed by atoms with Gasteiger partial charge in [-0.1, -0.05) is 48.5 Å². The van der Waals surface area contributed by atoms with Gasteiger partial charge in [0.25, 0.3) is 0 Å². The molecule has 2 aromatic carbocycles. The average molecular weight is 240 g/mol. The monoisotopic (exact) mass is 240 g/mol. The van der Waals surface area contributed by atoms with Crippen LogP contribution in [-0.4, -0.2) is 17.5 Å². The lowest BCUT2D eigenvalue weighted by atomic mass is 10.00. The first-order valence-corrected chi connectivity index (χ1v) is 6.11. The van der Waals surface area contributed by atoms with Gasteiger partial charge in [-0.25, -0.2) is 0 Å². The zero-order chi connectivity index (χ0) is 12.8. The van der Waals surface area contributed by atoms with E-state index in [1.807, 2.05) is 54.6 Å². The zero-order valence-electron chi connectivity index (χ0n) is 10.2. The highest BCUT2D eigenvalue weighted by Crippen LogP contribution is 2.12. The van der Waals surface area contributed by atoms with Crippen molar-refractivity contribution in [3.05, 3.63) is 71.3 Å². The molecule has 92 valence electrons. The van der Waals surface area contributed by atoms with Gasteiger partial charge in [-0.05, 0) is 24.5 Å². The number of aryl methyl sites for hydroxylation is 1. The first-order valence-electron chi connectivity index (χ1n) is 6.11. The highest BCUT2D eigenvalue weighted by atomic mass is 16.2. The Morgan fingerprint density at radius 1 is 0.944 bits per heavy atom. The second-order valence-corrected chi connectivity index (χ2v) is 4.22. The summed E-state index contributed by atoms with van der Waals surface area (Å²) in [5, 5.41) is 8.82. The minimum absolute atomic E-state index is 0.0430. The minimum Gasteiger partial charge on any atom is -0.396 e. The fourth-order valence-corrected chi connectivity index (χ4v) is 1.91. The Hall–Kier alpha value is -1.93. The van der Waals surface area contributed by atoms with Crippen molar-refractivity contribution in [1.82, 2.24) is 0 Å². The molecule has 0 spiro atoms. The molecule has 0 bridgehead atoms. The average Bonchev–Trinajstić information content (AvgIpc) is 2.45. The van der Waals surface area contributed by atoms with Gasteiger partial charge < -0.3 is 5.11 Å². The van der Waals surface area contributed by atoms with Crippen LogP contribution in [0.1, 0.15) is 27.9 Å². The summed E-state index contributed by atoms with van der Waals surface area (Å²) in [6.07, 6.45) is 1.52. The molecule has 0 saturated carbocycles. The van der Waals surface area contributed by atoms with Gasteiger partial charge in [0.2, 0.25) is 0 Å². The summed E-state index contributed by atoms with van der Waals surface area (Å²) >= 11 is 0. The first-order chi connectivity index (χ1) is 8.81. The molecule has 0 fully saturated rings. The van der Waals surface area contributed by atoms with Gasteiger partial charge >= 0.3 is 0 Å². The van der Waals surface area contributed by atoms with E-state index in [2.05, 4.69) is 0 Å². The summed E-state index contributed by atoms with van der Waals surface area (Å²) in [7, 11) is 0. The maximum absolute atomic E-state index is 12.2. The highest BCUT2D eigenvalue weighted by Gasteiger charge is 2.08. The maximum Gasteiger partial charge on any atom is 0.193 e. The molecule has 0 aliphatic heterocycles. The van der Waals surface area contributed by atoms with Gasteiger partial charge in [-0.2, -0.15) is 0 Å². The minimum atomic E-state index is 0.0430. The standard InChI is InChI=1S/C16H16O2/c17-11-5-7-13-6-4-10-15(12-13)16(18)14-8-2-1-3-9-14/h1-4,6,8-10,12,17H,5,7,11H2. The van der Waals surface area contributed by atoms with Gasteiger partial charge in [0.1, 0.15) is 0 Å². The number of rotatable bonds is 5. The highest BCUT2D eigenvalue weighted by molar-refractivity contribution is 6.09. The molecular formula is C16H16O2. The molecule has 1 N–H and O–H groups in total. The first kappa shape index (κ1) is 12.5. The van der Waals surface area contributed by atoms with Gasteiger partial charge in [-0.15, -0.1) is 0 Å². The molecule has 0 aliphatic carbocycles. The Morgan fingerprint density at radius 2 is 1.67 bits per heavy atom. The number of hydrogen-bond donors (Lipinski definition) is 1. The molecule has 0 unspecified atom stereocenters. The van der Waals surface area contributed by atoms with E-state index in [0.29, 0.717) is 11.1 Å². The molecule has 2 heteroatoms. The largest absolute Gasteiger partial charge is 0.396 e. The van der Waals surface area contributed by atoms with Crippen molar-refractivity contribution in [2.24, 2.45) is 0 Å². The molecule has 0 radical (unpaired) electrons. The van der Waals surface area contributed by atoms with E-state index >= 15 is 0 Å². The van der Waals surface area contributed by atoms with E-state index < -0.39 is 0 Å². The van der Waals surface area contributed by atoms with Crippen molar-refractivity contribution in [1.29, 1.82) is 0 Å². The number of carbonyl (C=O) groups is 1. The number of aliphatic hydroxyl groups is 1. The van der Waals surface area contributed by atoms with Gasteiger partial charge in [0, 0.05) is 17.7 Å². The smallest absolute Gasteiger partial charge is 0.193 e. The van der Waals surface area contributed by atoms with Crippen LogP contribution in [0.2, 0.25) is 0 Å². The molecule has 0 aromatic heterocycles. The van der Waals surface area contributed by atoms with Gasteiger partial charge in [0.15, 0.2) is 5.78 Å². The van der Waals surface area contributed by atoms with E-state index in [1.165, 1.54) is 0 Å². The number of benzene rings is 2. The lowest BCUT2D eigenvalue weighted by Gasteiger charge is -2.04. The second-order valence-electron chi connectivity index (χ2n) is 4.22. The summed E-state index contributed by atoms with van der Waals surface area (Å²) in [5.74, 6) is 0.0430. The summed E-state index contributed by atoms with van der Waals surface area (Å²) < 4.78 is 0. The number of aliphatic hydroxyl groups excluding tert-OH is 1. The number of carbonyl (C=O) groups excluding carboxylic acids is 1. The predicted molar refractivity (Wildman–Crippen MR) is 71.7 cm³/mol. The summed E-state index contributed by atoms with van der Waals surface area (Å²) in [5.41, 5.74) is 2.50. The van der Waals surface area contributed by atoms with Crippen molar-refractivity contribution < 1.29 is 9.90 Å². The maximum atomic E-state index is 12.2. The van der Waals surface area contributed by atoms with Crippen LogP contribution in [0, 0.1) is 0 Å². The molecule has 0 saturated heterocycles. The molecule has 2 nitrogen and oxygen atoms in total. The molecule has 18 heavy (non-hydrogen) atoms. The summed E-state index contributed by atoms with van der Waals surface area (Å²) in [4.78, 5) is 12.2. The van der Waals surface area contributed by atoms with Crippen LogP contribution in [0.25, 0.3) is 0 Å². The molecule has 0 heterocycles. The van der Waals surface area contributed by atoms with Crippen molar-refractivity contribution in [3.8, 4) is 0 Å². The molecule has 2 rings (SSSR count). The van der Waals surface area contributed by atoms with Crippen molar-refractivity contribution in [2.75, 3.05) is 6.61 Å². The molecule has 0 amide bonds. The fourth-order valence-electron chi connectivity index (χ4n) is 1.91. The Labute approximate surface area is 107 Å². The van der Waals surface area contributed by atoms with E-state index in [1.54, 1.807) is 0 Å². The molecule has 0 atom stereocenters. The lowest BCUT2D eigenvalue weighted by Crippen LogP contribution is -2.02. The Morgan fingerprint density at radius 3 is 2.39 bits per heavy atom. The fraction of sp³-hybridized carbons (Fsp3) is 0.188. The predicted octanol–water partition coefficient (Wildman–Crippen LogP) is 2.84. The second kappa shape index (κ2) is 6.12. The summed E-state index contributed by atoms with van der Waals surface area (Å²) in [6.45, 7) is 0.177. The number of ketones is 1. The van der Waals surface area contributed by atoms with Crippen LogP contribution in [0.3, 0.4) is 0 Å². The normalized spacial score (nSPS) is 10.3.